The summed E-state index contributed by atoms with van der Waals surface area (Å²) in [4.78, 5) is 25.4. The quantitative estimate of drug-likeness (QED) is 0.911. The van der Waals surface area contributed by atoms with Gasteiger partial charge in [-0.3, -0.25) is 9.59 Å². The van der Waals surface area contributed by atoms with E-state index in [2.05, 4.69) is 5.32 Å². The second-order valence-corrected chi connectivity index (χ2v) is 5.54. The maximum absolute atomic E-state index is 13.6. The van der Waals surface area contributed by atoms with Crippen molar-refractivity contribution >= 4 is 11.8 Å². The molecule has 4 nitrogen and oxygen atoms in total. The van der Waals surface area contributed by atoms with Crippen LogP contribution in [-0.2, 0) is 16.1 Å². The van der Waals surface area contributed by atoms with Crippen molar-refractivity contribution in [3.05, 3.63) is 35.6 Å². The molecule has 0 spiro atoms. The fourth-order valence-corrected chi connectivity index (χ4v) is 2.37. The normalized spacial score (nSPS) is 19.4. The van der Waals surface area contributed by atoms with Gasteiger partial charge in [-0.05, 0) is 18.4 Å². The highest BCUT2D eigenvalue weighted by molar-refractivity contribution is 5.94. The minimum atomic E-state index is -0.497. The zero-order valence-electron chi connectivity index (χ0n) is 11.7. The molecule has 0 bridgehead atoms. The molecule has 1 aliphatic rings. The van der Waals surface area contributed by atoms with Crippen LogP contribution in [0.5, 0.6) is 0 Å². The maximum Gasteiger partial charge on any atom is 0.245 e. The van der Waals surface area contributed by atoms with Gasteiger partial charge in [0, 0.05) is 12.1 Å². The number of rotatable bonds is 4. The van der Waals surface area contributed by atoms with Crippen molar-refractivity contribution in [3.8, 4) is 0 Å². The summed E-state index contributed by atoms with van der Waals surface area (Å²) in [5, 5.41) is 2.70. The average molecular weight is 278 g/mol. The van der Waals surface area contributed by atoms with Crippen LogP contribution in [0.25, 0.3) is 0 Å². The van der Waals surface area contributed by atoms with Crippen LogP contribution in [0, 0.1) is 11.7 Å². The zero-order chi connectivity index (χ0) is 14.7. The van der Waals surface area contributed by atoms with Gasteiger partial charge in [-0.15, -0.1) is 0 Å². The lowest BCUT2D eigenvalue weighted by Gasteiger charge is -2.33. The lowest BCUT2D eigenvalue weighted by Crippen LogP contribution is -2.57. The number of benzene rings is 1. The molecule has 1 aromatic rings. The van der Waals surface area contributed by atoms with Gasteiger partial charge in [0.05, 0.1) is 6.54 Å². The van der Waals surface area contributed by atoms with Crippen molar-refractivity contribution in [2.75, 3.05) is 6.54 Å². The fraction of sp³-hybridized carbons (Fsp3) is 0.467. The first-order valence-corrected chi connectivity index (χ1v) is 6.79. The molecule has 0 radical (unpaired) electrons. The SMILES string of the molecule is CC(C)CC1NC(=O)CN(Cc2ccccc2F)C1=O. The van der Waals surface area contributed by atoms with Crippen molar-refractivity contribution in [3.63, 3.8) is 0 Å². The van der Waals surface area contributed by atoms with E-state index in [-0.39, 0.29) is 30.7 Å². The Morgan fingerprint density at radius 3 is 2.70 bits per heavy atom. The molecule has 108 valence electrons. The lowest BCUT2D eigenvalue weighted by molar-refractivity contribution is -0.145. The van der Waals surface area contributed by atoms with Crippen LogP contribution >= 0.6 is 0 Å². The van der Waals surface area contributed by atoms with Gasteiger partial charge in [0.15, 0.2) is 0 Å². The van der Waals surface area contributed by atoms with Gasteiger partial charge >= 0.3 is 0 Å². The van der Waals surface area contributed by atoms with E-state index >= 15 is 0 Å². The van der Waals surface area contributed by atoms with Gasteiger partial charge in [0.25, 0.3) is 0 Å². The van der Waals surface area contributed by atoms with Gasteiger partial charge in [-0.1, -0.05) is 32.0 Å². The van der Waals surface area contributed by atoms with Crippen LogP contribution in [0.3, 0.4) is 0 Å². The molecule has 2 rings (SSSR count). The number of piperazine rings is 1. The number of hydrogen-bond acceptors (Lipinski definition) is 2. The van der Waals surface area contributed by atoms with Crippen molar-refractivity contribution in [2.24, 2.45) is 5.92 Å². The highest BCUT2D eigenvalue weighted by Crippen LogP contribution is 2.16. The van der Waals surface area contributed by atoms with E-state index in [1.807, 2.05) is 13.8 Å². The Hall–Kier alpha value is -1.91. The summed E-state index contributed by atoms with van der Waals surface area (Å²) in [7, 11) is 0. The summed E-state index contributed by atoms with van der Waals surface area (Å²) in [6, 6.07) is 5.81. The van der Waals surface area contributed by atoms with Crippen LogP contribution in [0.2, 0.25) is 0 Å². The molecule has 1 aromatic carbocycles. The van der Waals surface area contributed by atoms with E-state index in [9.17, 15) is 14.0 Å². The van der Waals surface area contributed by atoms with Crippen LogP contribution in [0.1, 0.15) is 25.8 Å². The molecule has 1 atom stereocenters. The summed E-state index contributed by atoms with van der Waals surface area (Å²) >= 11 is 0. The minimum Gasteiger partial charge on any atom is -0.343 e. The number of carbonyl (C=O) groups excluding carboxylic acids is 2. The van der Waals surface area contributed by atoms with Crippen LogP contribution in [0.15, 0.2) is 24.3 Å². The molecule has 1 unspecified atom stereocenters. The van der Waals surface area contributed by atoms with E-state index in [0.29, 0.717) is 17.9 Å². The van der Waals surface area contributed by atoms with Gasteiger partial charge < -0.3 is 10.2 Å². The Morgan fingerprint density at radius 2 is 2.05 bits per heavy atom. The minimum absolute atomic E-state index is 0.0121. The molecule has 1 saturated heterocycles. The first kappa shape index (κ1) is 14.5. The number of hydrogen-bond donors (Lipinski definition) is 1. The predicted molar refractivity (Wildman–Crippen MR) is 73.2 cm³/mol. The molecule has 0 aliphatic carbocycles. The Morgan fingerprint density at radius 1 is 1.35 bits per heavy atom. The van der Waals surface area contributed by atoms with Gasteiger partial charge in [0.2, 0.25) is 11.8 Å². The molecule has 1 aliphatic heterocycles. The van der Waals surface area contributed by atoms with E-state index in [0.717, 1.165) is 0 Å². The van der Waals surface area contributed by atoms with E-state index < -0.39 is 6.04 Å². The van der Waals surface area contributed by atoms with E-state index in [4.69, 9.17) is 0 Å². The summed E-state index contributed by atoms with van der Waals surface area (Å²) in [6.07, 6.45) is 0.596. The number of carbonyl (C=O) groups is 2. The third-order valence-corrected chi connectivity index (χ3v) is 3.31. The fourth-order valence-electron chi connectivity index (χ4n) is 2.37. The molecule has 2 amide bonds. The number of nitrogens with one attached hydrogen (secondary N) is 1. The molecule has 5 heteroatoms. The van der Waals surface area contributed by atoms with E-state index in [1.54, 1.807) is 18.2 Å². The zero-order valence-corrected chi connectivity index (χ0v) is 11.7. The molecular formula is C15H19FN2O2. The number of nitrogens with zero attached hydrogens (tertiary/aromatic N) is 1. The van der Waals surface area contributed by atoms with Crippen molar-refractivity contribution in [1.29, 1.82) is 0 Å². The molecule has 1 N–H and O–H groups in total. The smallest absolute Gasteiger partial charge is 0.245 e. The van der Waals surface area contributed by atoms with Crippen molar-refractivity contribution < 1.29 is 14.0 Å². The van der Waals surface area contributed by atoms with Crippen molar-refractivity contribution in [1.82, 2.24) is 10.2 Å². The topological polar surface area (TPSA) is 49.4 Å². The van der Waals surface area contributed by atoms with Crippen LogP contribution < -0.4 is 5.32 Å². The molecule has 20 heavy (non-hydrogen) atoms. The predicted octanol–water partition coefficient (Wildman–Crippen LogP) is 1.70. The number of amides is 2. The van der Waals surface area contributed by atoms with Crippen LogP contribution in [0.4, 0.5) is 4.39 Å². The summed E-state index contributed by atoms with van der Waals surface area (Å²) in [6.45, 7) is 4.11. The van der Waals surface area contributed by atoms with Crippen molar-refractivity contribution in [2.45, 2.75) is 32.9 Å². The second-order valence-electron chi connectivity index (χ2n) is 5.54. The summed E-state index contributed by atoms with van der Waals surface area (Å²) < 4.78 is 13.6. The molecule has 1 heterocycles. The van der Waals surface area contributed by atoms with Gasteiger partial charge in [-0.2, -0.15) is 0 Å². The van der Waals surface area contributed by atoms with Gasteiger partial charge in [0.1, 0.15) is 11.9 Å². The Kier molecular flexibility index (Phi) is 4.37. The molecule has 1 fully saturated rings. The monoisotopic (exact) mass is 278 g/mol. The largest absolute Gasteiger partial charge is 0.343 e. The molecule has 0 aromatic heterocycles. The third-order valence-electron chi connectivity index (χ3n) is 3.31. The highest BCUT2D eigenvalue weighted by atomic mass is 19.1. The standard InChI is InChI=1S/C15H19FN2O2/c1-10(2)7-13-15(20)18(9-14(19)17-13)8-11-5-3-4-6-12(11)16/h3-6,10,13H,7-9H2,1-2H3,(H,17,19). The molecular weight excluding hydrogens is 259 g/mol. The Labute approximate surface area is 118 Å². The average Bonchev–Trinajstić information content (AvgIpc) is 2.37. The summed E-state index contributed by atoms with van der Waals surface area (Å²) in [5.74, 6) is -0.377. The molecule has 0 saturated carbocycles. The maximum atomic E-state index is 13.6. The highest BCUT2D eigenvalue weighted by Gasteiger charge is 2.33. The van der Waals surface area contributed by atoms with Crippen LogP contribution in [-0.4, -0.2) is 29.3 Å². The first-order chi connectivity index (χ1) is 9.47. The second kappa shape index (κ2) is 6.03. The Bertz CT molecular complexity index is 516. The summed E-state index contributed by atoms with van der Waals surface area (Å²) in [5.41, 5.74) is 0.429. The Balaban J connectivity index is 2.12. The lowest BCUT2D eigenvalue weighted by atomic mass is 10.0. The number of halogens is 1. The first-order valence-electron chi connectivity index (χ1n) is 6.79. The van der Waals surface area contributed by atoms with E-state index in [1.165, 1.54) is 11.0 Å². The third kappa shape index (κ3) is 3.35. The van der Waals surface area contributed by atoms with Gasteiger partial charge in [-0.25, -0.2) is 4.39 Å².